The average molecular weight is 1890 g/mol. The number of hydrogen-bond acceptors (Lipinski definition) is 34. The van der Waals surface area contributed by atoms with Crippen molar-refractivity contribution in [3.8, 4) is 46.0 Å². The van der Waals surface area contributed by atoms with E-state index >= 15 is 0 Å². The number of methoxy groups -OCH3 is 4. The van der Waals surface area contributed by atoms with E-state index in [0.29, 0.717) is 48.4 Å². The fraction of sp³-hybridized carbons (Fsp3) is 0.440. The summed E-state index contributed by atoms with van der Waals surface area (Å²) >= 11 is 0. The van der Waals surface area contributed by atoms with Gasteiger partial charge in [-0.1, -0.05) is 71.5 Å². The van der Waals surface area contributed by atoms with Gasteiger partial charge in [-0.15, -0.1) is 12.2 Å². The zero-order chi connectivity index (χ0) is 64.8. The van der Waals surface area contributed by atoms with E-state index in [1.165, 1.54) is 28.4 Å². The third kappa shape index (κ3) is 92.4. The number of aliphatic hydroxyl groups is 2. The molecule has 0 heterocycles. The van der Waals surface area contributed by atoms with Crippen LogP contribution in [0.4, 0.5) is 0 Å². The molecule has 43 heteroatoms. The molecule has 0 saturated carbocycles. The molecule has 36 nitrogen and oxygen atoms in total. The molecule has 0 aliphatic carbocycles. The van der Waals surface area contributed by atoms with Crippen LogP contribution in [0.15, 0.2) is 72.8 Å². The molecule has 4 aromatic carbocycles. The van der Waals surface area contributed by atoms with Gasteiger partial charge in [0.05, 0.1) is 38.6 Å². The SMILES string of the molecule is CC(=O)[O-].CC(=O)[O-].CC(=O)[O-].CC(=O)[O-].CCO.CCO.COc1cccc(CNCC([O-])CNCc2cccc(OC)c2[O-])c1[O-].COc1cccc(CNCC([O-])CNCc2cccc(OC)c2[O-])c1[O-].O=[N+]([O-])[O-].O=[N+]([O-])[O-].[Cu+2].[Cu+2].[Cu+2].[Cu+2].[Cu+2].[OH-].[OH-].[OH-].[OH-].[Tm+3].[Tm+3]. The number of nitrogens with one attached hydrogen (secondary N) is 4. The predicted molar refractivity (Wildman–Crippen MR) is 281 cm³/mol. The molecule has 4 aromatic rings. The zero-order valence-electron chi connectivity index (χ0n) is 50.6. The Morgan fingerprint density at radius 1 is 0.409 bits per heavy atom. The number of carboxylic acids is 4. The first kappa shape index (κ1) is 133. The number of aliphatic hydroxyl groups excluding tert-OH is 2. The van der Waals surface area contributed by atoms with Gasteiger partial charge in [-0.25, -0.2) is 0 Å². The van der Waals surface area contributed by atoms with Crippen molar-refractivity contribution in [3.05, 3.63) is 126 Å². The molecule has 93 heavy (non-hydrogen) atoms. The Bertz CT molecular complexity index is 2020. The second kappa shape index (κ2) is 90.2. The number of para-hydroxylation sites is 4. The summed E-state index contributed by atoms with van der Waals surface area (Å²) in [6.45, 7) is 9.76. The van der Waals surface area contributed by atoms with E-state index in [1.54, 1.807) is 86.6 Å². The third-order valence-corrected chi connectivity index (χ3v) is 7.87. The van der Waals surface area contributed by atoms with E-state index in [0.717, 1.165) is 27.7 Å². The maximum absolute atomic E-state index is 12.0. The van der Waals surface area contributed by atoms with Crippen LogP contribution in [0.3, 0.4) is 0 Å². The van der Waals surface area contributed by atoms with Crippen molar-refractivity contribution in [2.75, 3.05) is 67.8 Å². The molecule has 0 aliphatic rings. The van der Waals surface area contributed by atoms with Crippen molar-refractivity contribution in [2.45, 2.75) is 79.9 Å². The quantitative estimate of drug-likeness (QED) is 0.0272. The summed E-state index contributed by atoms with van der Waals surface area (Å²) in [6.07, 6.45) is -1.81. The maximum Gasteiger partial charge on any atom is 3.00 e. The number of rotatable bonds is 20. The minimum Gasteiger partial charge on any atom is -0.870 e. The molecular weight excluding hydrogens is 1820 g/mol. The number of aliphatic carboxylic acids is 4. The molecule has 5 radical (unpaired) electrons. The Balaban J connectivity index is -0.0000000533. The van der Waals surface area contributed by atoms with Gasteiger partial charge in [-0.3, -0.25) is 0 Å². The van der Waals surface area contributed by atoms with Gasteiger partial charge in [-0.2, -0.15) is 0 Å². The van der Waals surface area contributed by atoms with E-state index < -0.39 is 46.3 Å². The van der Waals surface area contributed by atoms with E-state index in [9.17, 15) is 30.6 Å². The van der Waals surface area contributed by atoms with Crippen LogP contribution in [0.2, 0.25) is 0 Å². The van der Waals surface area contributed by atoms with Crippen LogP contribution in [0.1, 0.15) is 63.8 Å². The van der Waals surface area contributed by atoms with Crippen molar-refractivity contribution in [2.24, 2.45) is 0 Å². The van der Waals surface area contributed by atoms with E-state index in [1.807, 2.05) is 0 Å². The summed E-state index contributed by atoms with van der Waals surface area (Å²) in [4.78, 5) is 52.1. The van der Waals surface area contributed by atoms with Crippen molar-refractivity contribution >= 4 is 23.9 Å². The summed E-state index contributed by atoms with van der Waals surface area (Å²) < 4.78 is 20.0. The van der Waals surface area contributed by atoms with Gasteiger partial charge in [0.2, 0.25) is 0 Å². The Labute approximate surface area is 648 Å². The van der Waals surface area contributed by atoms with Crippen molar-refractivity contribution in [3.63, 3.8) is 0 Å². The number of benzene rings is 4. The molecule has 0 saturated heterocycles. The first-order chi connectivity index (χ1) is 38.3. The largest absolute Gasteiger partial charge is 3.00 e. The molecule has 10 N–H and O–H groups in total. The number of carbonyl (C=O) groups is 4. The van der Waals surface area contributed by atoms with Crippen LogP contribution < -0.4 is 91.3 Å². The van der Waals surface area contributed by atoms with Crippen LogP contribution in [0.25, 0.3) is 0 Å². The summed E-state index contributed by atoms with van der Waals surface area (Å²) in [5.41, 5.74) is 2.21. The van der Waals surface area contributed by atoms with Crippen LogP contribution in [0.5, 0.6) is 46.0 Å². The van der Waals surface area contributed by atoms with Crippen LogP contribution in [0, 0.1) is 104 Å². The number of hydrogen-bond donors (Lipinski definition) is 6. The van der Waals surface area contributed by atoms with Gasteiger partial charge in [0.1, 0.15) is 23.0 Å². The summed E-state index contributed by atoms with van der Waals surface area (Å²) in [6, 6.07) is 20.2. The first-order valence-electron chi connectivity index (χ1n) is 23.4. The molecule has 0 aromatic heterocycles. The molecule has 0 aliphatic heterocycles. The smallest absolute Gasteiger partial charge is 0.870 e. The molecule has 565 valence electrons. The second-order valence-corrected chi connectivity index (χ2v) is 14.6. The van der Waals surface area contributed by atoms with Crippen LogP contribution in [-0.2, 0) is 131 Å². The minimum absolute atomic E-state index is 0. The van der Waals surface area contributed by atoms with Crippen molar-refractivity contribution in [1.29, 1.82) is 0 Å². The van der Waals surface area contributed by atoms with Gasteiger partial charge in [-0.05, 0) is 114 Å². The van der Waals surface area contributed by atoms with Crippen molar-refractivity contribution < 1.29 is 291 Å². The third-order valence-electron chi connectivity index (χ3n) is 7.87. The van der Waals surface area contributed by atoms with Gasteiger partial charge in [0.25, 0.3) is 0 Å². The molecular formula is C50H74Cu5N6O30Tm2. The van der Waals surface area contributed by atoms with E-state index in [2.05, 4.69) is 21.3 Å². The van der Waals surface area contributed by atoms with Gasteiger partial charge < -0.3 is 173 Å². The number of carbonyl (C=O) groups excluding carboxylic acids is 4. The van der Waals surface area contributed by atoms with Crippen LogP contribution in [-0.4, -0.2) is 146 Å². The fourth-order valence-corrected chi connectivity index (χ4v) is 5.06. The standard InChI is InChI=1S/2C19H25N2O5.4C2H4O2.2C2H6O.5Cu.2NO3.4H2O.2Tm/c2*1-25-16-7-3-5-13(18(16)23)9-20-11-15(22)12-21-10-14-6-4-8-17(26-2)19(14)24;4*1-2(3)4;2*1-2-3;;;;;;2*2-1(3)4;;;;;;/h2*3-8,15,20-21,23-24H,9-12H2,1-2H3;4*1H3,(H,3,4);2*3H,2H2,1H3;;;;;;;;4*1H2;;/q2*-1;;;;;;;5*+2;2*-1;;;;;2*+3/p-12. The Morgan fingerprint density at radius 3 is 0.634 bits per heavy atom. The topological polar surface area (TPSA) is 677 Å². The summed E-state index contributed by atoms with van der Waals surface area (Å²) in [5, 5.41) is 164. The predicted octanol–water partition coefficient (Wildman–Crippen LogP) is -7.26. The van der Waals surface area contributed by atoms with Gasteiger partial charge >= 0.3 is 159 Å². The maximum atomic E-state index is 12.0. The molecule has 0 spiro atoms. The normalized spacial score (nSPS) is 8.09. The molecule has 0 atom stereocenters. The number of nitrogens with zero attached hydrogens (tertiary/aromatic N) is 2. The zero-order valence-corrected chi connectivity index (χ0v) is 58.9. The van der Waals surface area contributed by atoms with E-state index in [4.69, 9.17) is 99.4 Å². The Kier molecular flexibility index (Phi) is 129. The molecule has 0 bridgehead atoms. The first-order valence-corrected chi connectivity index (χ1v) is 23.4. The van der Waals surface area contributed by atoms with Gasteiger partial charge in [0, 0.05) is 63.3 Å². The van der Waals surface area contributed by atoms with Gasteiger partial charge in [0.15, 0.2) is 0 Å². The molecule has 4 rings (SSSR count). The number of ether oxygens (including phenoxy) is 4. The molecule has 0 unspecified atom stereocenters. The Morgan fingerprint density at radius 2 is 0.527 bits per heavy atom. The van der Waals surface area contributed by atoms with Crippen molar-refractivity contribution in [1.82, 2.24) is 21.3 Å². The van der Waals surface area contributed by atoms with E-state index in [-0.39, 0.29) is 266 Å². The fourth-order valence-electron chi connectivity index (χ4n) is 5.06. The summed E-state index contributed by atoms with van der Waals surface area (Å²) in [7, 11) is 5.79. The average Bonchev–Trinajstić information content (AvgIpc) is 3.36. The van der Waals surface area contributed by atoms with Crippen LogP contribution >= 0.6 is 0 Å². The molecule has 0 amide bonds. The molecule has 0 fully saturated rings. The minimum atomic E-state index is -1.75. The monoisotopic (exact) mass is 1890 g/mol. The summed E-state index contributed by atoms with van der Waals surface area (Å²) in [5.74, 6) is -3.89. The second-order valence-electron chi connectivity index (χ2n) is 14.6. The number of carboxylic acid groups (broad SMARTS) is 4. The Hall–Kier alpha value is -3.86.